The molecule has 3 nitrogen and oxygen atoms in total. The molecule has 0 radical (unpaired) electrons. The Hall–Kier alpha value is -1.29. The highest BCUT2D eigenvalue weighted by molar-refractivity contribution is 6.31. The van der Waals surface area contributed by atoms with Gasteiger partial charge in [0.25, 0.3) is 0 Å². The number of hydrogen-bond donors (Lipinski definition) is 2. The highest BCUT2D eigenvalue weighted by atomic mass is 35.5. The first kappa shape index (κ1) is 13.7. The van der Waals surface area contributed by atoms with Gasteiger partial charge in [-0.25, -0.2) is 4.39 Å². The number of guanidine groups is 1. The molecule has 2 aliphatic carbocycles. The van der Waals surface area contributed by atoms with Crippen LogP contribution in [0.3, 0.4) is 0 Å². The number of rotatable bonds is 4. The maximum absolute atomic E-state index is 13.1. The van der Waals surface area contributed by atoms with E-state index in [1.54, 1.807) is 7.05 Å². The number of halogens is 2. The second-order valence-electron chi connectivity index (χ2n) is 5.75. The van der Waals surface area contributed by atoms with E-state index in [-0.39, 0.29) is 11.2 Å². The summed E-state index contributed by atoms with van der Waals surface area (Å²) in [5.74, 6) is 0.561. The van der Waals surface area contributed by atoms with Crippen LogP contribution in [-0.4, -0.2) is 25.6 Å². The van der Waals surface area contributed by atoms with E-state index >= 15 is 0 Å². The lowest BCUT2D eigenvalue weighted by Gasteiger charge is -2.20. The van der Waals surface area contributed by atoms with Crippen molar-refractivity contribution < 1.29 is 4.39 Å². The van der Waals surface area contributed by atoms with Crippen LogP contribution in [0.25, 0.3) is 0 Å². The fourth-order valence-electron chi connectivity index (χ4n) is 2.48. The van der Waals surface area contributed by atoms with Crippen molar-refractivity contribution in [1.29, 1.82) is 0 Å². The summed E-state index contributed by atoms with van der Waals surface area (Å²) >= 11 is 6.18. The molecule has 0 saturated heterocycles. The minimum Gasteiger partial charge on any atom is -0.356 e. The van der Waals surface area contributed by atoms with Crippen molar-refractivity contribution in [2.24, 2.45) is 4.99 Å². The fourth-order valence-corrected chi connectivity index (χ4v) is 2.85. The highest BCUT2D eigenvalue weighted by Crippen LogP contribution is 2.50. The van der Waals surface area contributed by atoms with Crippen molar-refractivity contribution >= 4 is 17.6 Å². The van der Waals surface area contributed by atoms with Gasteiger partial charge in [0, 0.05) is 30.1 Å². The second-order valence-corrected chi connectivity index (χ2v) is 6.16. The van der Waals surface area contributed by atoms with Gasteiger partial charge in [-0.2, -0.15) is 0 Å². The predicted molar refractivity (Wildman–Crippen MR) is 79.8 cm³/mol. The molecule has 0 bridgehead atoms. The van der Waals surface area contributed by atoms with E-state index in [0.717, 1.165) is 30.9 Å². The molecule has 0 amide bonds. The smallest absolute Gasteiger partial charge is 0.191 e. The van der Waals surface area contributed by atoms with Gasteiger partial charge in [-0.05, 0) is 43.4 Å². The first-order chi connectivity index (χ1) is 9.63. The van der Waals surface area contributed by atoms with Gasteiger partial charge in [0.1, 0.15) is 5.82 Å². The molecule has 5 heteroatoms. The average Bonchev–Trinajstić information content (AvgIpc) is 3.30. The third-order valence-corrected chi connectivity index (χ3v) is 4.40. The molecule has 108 valence electrons. The van der Waals surface area contributed by atoms with E-state index < -0.39 is 0 Å². The van der Waals surface area contributed by atoms with E-state index in [1.807, 2.05) is 6.07 Å². The molecule has 2 N–H and O–H groups in total. The molecule has 0 aliphatic heterocycles. The first-order valence-electron chi connectivity index (χ1n) is 7.06. The molecule has 0 unspecified atom stereocenters. The molecular weight excluding hydrogens is 277 g/mol. The van der Waals surface area contributed by atoms with Crippen LogP contribution in [0.4, 0.5) is 4.39 Å². The van der Waals surface area contributed by atoms with Gasteiger partial charge in [0.2, 0.25) is 0 Å². The second kappa shape index (κ2) is 5.24. The lowest BCUT2D eigenvalue weighted by Crippen LogP contribution is -2.42. The van der Waals surface area contributed by atoms with Crippen LogP contribution in [0.15, 0.2) is 23.2 Å². The van der Waals surface area contributed by atoms with Gasteiger partial charge in [-0.15, -0.1) is 0 Å². The Bertz CT molecular complexity index is 536. The van der Waals surface area contributed by atoms with Crippen LogP contribution in [0.2, 0.25) is 5.02 Å². The molecule has 1 aromatic carbocycles. The average molecular weight is 296 g/mol. The third kappa shape index (κ3) is 2.90. The summed E-state index contributed by atoms with van der Waals surface area (Å²) in [6.07, 6.45) is 4.59. The first-order valence-corrected chi connectivity index (χ1v) is 7.43. The summed E-state index contributed by atoms with van der Waals surface area (Å²) in [6, 6.07) is 5.27. The van der Waals surface area contributed by atoms with Crippen molar-refractivity contribution in [3.63, 3.8) is 0 Å². The SMILES string of the molecule is CN=C(NCC1(c2ccc(F)cc2Cl)CC1)NC1CC1. The minimum atomic E-state index is -0.284. The Balaban J connectivity index is 1.66. The van der Waals surface area contributed by atoms with Crippen LogP contribution >= 0.6 is 11.6 Å². The molecule has 0 spiro atoms. The minimum absolute atomic E-state index is 0.0337. The zero-order valence-electron chi connectivity index (χ0n) is 11.5. The fraction of sp³-hybridized carbons (Fsp3) is 0.533. The third-order valence-electron chi connectivity index (χ3n) is 4.09. The van der Waals surface area contributed by atoms with Gasteiger partial charge in [-0.1, -0.05) is 17.7 Å². The van der Waals surface area contributed by atoms with Crippen molar-refractivity contribution in [1.82, 2.24) is 10.6 Å². The lowest BCUT2D eigenvalue weighted by atomic mass is 9.96. The largest absolute Gasteiger partial charge is 0.356 e. The molecule has 2 aliphatic rings. The Kier molecular flexibility index (Phi) is 3.59. The lowest BCUT2D eigenvalue weighted by molar-refractivity contribution is 0.617. The number of aliphatic imine (C=N–C) groups is 1. The molecule has 20 heavy (non-hydrogen) atoms. The molecular formula is C15H19ClFN3. The van der Waals surface area contributed by atoms with Gasteiger partial charge in [0.05, 0.1) is 0 Å². The number of nitrogens with one attached hydrogen (secondary N) is 2. The highest BCUT2D eigenvalue weighted by Gasteiger charge is 2.45. The van der Waals surface area contributed by atoms with Gasteiger partial charge in [0.15, 0.2) is 5.96 Å². The van der Waals surface area contributed by atoms with Gasteiger partial charge in [-0.3, -0.25) is 4.99 Å². The maximum Gasteiger partial charge on any atom is 0.191 e. The van der Waals surface area contributed by atoms with Crippen molar-refractivity contribution in [3.8, 4) is 0 Å². The number of benzene rings is 1. The monoisotopic (exact) mass is 295 g/mol. The standard InChI is InChI=1S/C15H19ClFN3/c1-18-14(20-11-3-4-11)19-9-15(6-7-15)12-5-2-10(17)8-13(12)16/h2,5,8,11H,3-4,6-7,9H2,1H3,(H2,18,19,20). The summed E-state index contributed by atoms with van der Waals surface area (Å²) in [7, 11) is 1.78. The summed E-state index contributed by atoms with van der Waals surface area (Å²) in [5, 5.41) is 7.26. The summed E-state index contributed by atoms with van der Waals surface area (Å²) < 4.78 is 13.1. The van der Waals surface area contributed by atoms with Crippen molar-refractivity contribution in [2.45, 2.75) is 37.1 Å². The van der Waals surface area contributed by atoms with Crippen LogP contribution in [0.1, 0.15) is 31.2 Å². The maximum atomic E-state index is 13.1. The molecule has 0 atom stereocenters. The predicted octanol–water partition coefficient (Wildman–Crippen LogP) is 2.84. The van der Waals surface area contributed by atoms with Crippen LogP contribution in [0, 0.1) is 5.82 Å². The van der Waals surface area contributed by atoms with E-state index in [9.17, 15) is 4.39 Å². The zero-order chi connectivity index (χ0) is 14.2. The van der Waals surface area contributed by atoms with Crippen LogP contribution in [-0.2, 0) is 5.41 Å². The Morgan fingerprint density at radius 2 is 2.20 bits per heavy atom. The molecule has 3 rings (SSSR count). The van der Waals surface area contributed by atoms with Crippen molar-refractivity contribution in [2.75, 3.05) is 13.6 Å². The Morgan fingerprint density at radius 3 is 2.75 bits per heavy atom. The van der Waals surface area contributed by atoms with Crippen molar-refractivity contribution in [3.05, 3.63) is 34.6 Å². The Labute approximate surface area is 123 Å². The normalized spacial score (nSPS) is 20.6. The van der Waals surface area contributed by atoms with E-state index in [1.165, 1.54) is 25.0 Å². The summed E-state index contributed by atoms with van der Waals surface area (Å²) in [6.45, 7) is 0.782. The van der Waals surface area contributed by atoms with Crippen LogP contribution < -0.4 is 10.6 Å². The Morgan fingerprint density at radius 1 is 1.45 bits per heavy atom. The molecule has 0 aromatic heterocycles. The zero-order valence-corrected chi connectivity index (χ0v) is 12.3. The van der Waals surface area contributed by atoms with Gasteiger partial charge >= 0.3 is 0 Å². The summed E-state index contributed by atoms with van der Waals surface area (Å²) in [4.78, 5) is 4.23. The van der Waals surface area contributed by atoms with E-state index in [0.29, 0.717) is 11.1 Å². The molecule has 2 saturated carbocycles. The quantitative estimate of drug-likeness (QED) is 0.662. The van der Waals surface area contributed by atoms with E-state index in [4.69, 9.17) is 11.6 Å². The molecule has 0 heterocycles. The van der Waals surface area contributed by atoms with Gasteiger partial charge < -0.3 is 10.6 Å². The molecule has 2 fully saturated rings. The summed E-state index contributed by atoms with van der Waals surface area (Å²) in [5.41, 5.74) is 1.07. The topological polar surface area (TPSA) is 36.4 Å². The molecule has 1 aromatic rings. The number of hydrogen-bond acceptors (Lipinski definition) is 1. The van der Waals surface area contributed by atoms with Crippen LogP contribution in [0.5, 0.6) is 0 Å². The number of nitrogens with zero attached hydrogens (tertiary/aromatic N) is 1. The van der Waals surface area contributed by atoms with E-state index in [2.05, 4.69) is 15.6 Å².